The second-order valence-electron chi connectivity index (χ2n) is 6.64. The van der Waals surface area contributed by atoms with Crippen molar-refractivity contribution in [3.8, 4) is 5.75 Å². The van der Waals surface area contributed by atoms with Gasteiger partial charge in [0.2, 0.25) is 0 Å². The van der Waals surface area contributed by atoms with Crippen molar-refractivity contribution in [2.24, 2.45) is 0 Å². The Labute approximate surface area is 174 Å². The number of amides is 1. The lowest BCUT2D eigenvalue weighted by Crippen LogP contribution is -2.37. The molecule has 1 heterocycles. The van der Waals surface area contributed by atoms with E-state index in [0.29, 0.717) is 13.0 Å². The fraction of sp³-hybridized carbons (Fsp3) is 0.286. The van der Waals surface area contributed by atoms with Gasteiger partial charge in [-0.1, -0.05) is 42.5 Å². The fourth-order valence-corrected chi connectivity index (χ4v) is 2.82. The van der Waals surface area contributed by atoms with Gasteiger partial charge in [0.15, 0.2) is 12.1 Å². The fourth-order valence-electron chi connectivity index (χ4n) is 2.82. The lowest BCUT2D eigenvalue weighted by Gasteiger charge is -2.19. The van der Waals surface area contributed by atoms with Gasteiger partial charge in [-0.3, -0.25) is 4.79 Å². The maximum Gasteiger partial charge on any atom is 0.332 e. The van der Waals surface area contributed by atoms with Crippen molar-refractivity contribution >= 4 is 11.9 Å². The summed E-state index contributed by atoms with van der Waals surface area (Å²) < 4.78 is 11.9. The zero-order valence-electron chi connectivity index (χ0n) is 16.8. The van der Waals surface area contributed by atoms with Crippen molar-refractivity contribution in [1.29, 1.82) is 0 Å². The van der Waals surface area contributed by atoms with Gasteiger partial charge in [0, 0.05) is 13.0 Å². The third-order valence-corrected chi connectivity index (χ3v) is 4.52. The highest BCUT2D eigenvalue weighted by atomic mass is 16.5. The van der Waals surface area contributed by atoms with Crippen LogP contribution < -0.4 is 10.1 Å². The van der Waals surface area contributed by atoms with Crippen LogP contribution in [0.5, 0.6) is 5.75 Å². The summed E-state index contributed by atoms with van der Waals surface area (Å²) in [5, 5.41) is 13.8. The van der Waals surface area contributed by atoms with Gasteiger partial charge >= 0.3 is 5.97 Å². The molecule has 9 heteroatoms. The van der Waals surface area contributed by atoms with Gasteiger partial charge in [0.1, 0.15) is 12.1 Å². The smallest absolute Gasteiger partial charge is 0.332 e. The third kappa shape index (κ3) is 5.63. The maximum atomic E-state index is 12.8. The van der Waals surface area contributed by atoms with Crippen LogP contribution in [0.3, 0.4) is 0 Å². The van der Waals surface area contributed by atoms with Crippen molar-refractivity contribution in [1.82, 2.24) is 25.5 Å². The highest BCUT2D eigenvalue weighted by Crippen LogP contribution is 2.16. The van der Waals surface area contributed by atoms with Crippen molar-refractivity contribution in [2.45, 2.75) is 32.0 Å². The minimum absolute atomic E-state index is 0.311. The third-order valence-electron chi connectivity index (χ3n) is 4.52. The van der Waals surface area contributed by atoms with Crippen LogP contribution in [-0.2, 0) is 27.3 Å². The molecule has 0 fully saturated rings. The molecule has 0 bridgehead atoms. The molecule has 3 aromatic rings. The Hall–Kier alpha value is -3.75. The number of rotatable bonds is 9. The molecule has 0 aliphatic rings. The number of tetrazole rings is 1. The highest BCUT2D eigenvalue weighted by molar-refractivity contribution is 5.84. The lowest BCUT2D eigenvalue weighted by atomic mass is 10.1. The summed E-state index contributed by atoms with van der Waals surface area (Å²) in [5.41, 5.74) is 1.82. The summed E-state index contributed by atoms with van der Waals surface area (Å²) >= 11 is 0. The molecule has 9 nitrogen and oxygen atoms in total. The Morgan fingerprint density at radius 1 is 1.07 bits per heavy atom. The van der Waals surface area contributed by atoms with E-state index in [-0.39, 0.29) is 0 Å². The second kappa shape index (κ2) is 10.1. The van der Waals surface area contributed by atoms with Crippen molar-refractivity contribution in [2.75, 3.05) is 7.11 Å². The number of benzene rings is 2. The quantitative estimate of drug-likeness (QED) is 0.536. The van der Waals surface area contributed by atoms with Crippen LogP contribution in [0.4, 0.5) is 0 Å². The Bertz CT molecular complexity index is 945. The molecule has 0 saturated carbocycles. The Kier molecular flexibility index (Phi) is 7.09. The summed E-state index contributed by atoms with van der Waals surface area (Å²) in [7, 11) is 1.59. The van der Waals surface area contributed by atoms with Crippen molar-refractivity contribution < 1.29 is 19.1 Å². The van der Waals surface area contributed by atoms with E-state index in [1.807, 2.05) is 54.6 Å². The van der Waals surface area contributed by atoms with E-state index in [2.05, 4.69) is 20.8 Å². The van der Waals surface area contributed by atoms with E-state index < -0.39 is 24.0 Å². The minimum Gasteiger partial charge on any atom is -0.497 e. The van der Waals surface area contributed by atoms with Gasteiger partial charge < -0.3 is 14.8 Å². The SMILES string of the molecule is COc1ccc(CNC(=O)[C@H](C)OC(=O)[C@H](Cc2ccccc2)n2cnnn2)cc1. The number of methoxy groups -OCH3 is 1. The van der Waals surface area contributed by atoms with Crippen LogP contribution in [0.25, 0.3) is 0 Å². The molecule has 30 heavy (non-hydrogen) atoms. The molecule has 3 rings (SSSR count). The standard InChI is InChI=1S/C21H23N5O4/c1-15(20(27)22-13-17-8-10-18(29-2)11-9-17)30-21(28)19(26-14-23-24-25-26)12-16-6-4-3-5-7-16/h3-11,14-15,19H,12-13H2,1-2H3,(H,22,27)/t15-,19-/m0/s1. The van der Waals surface area contributed by atoms with Gasteiger partial charge in [-0.25, -0.2) is 9.48 Å². The number of ether oxygens (including phenoxy) is 2. The Morgan fingerprint density at radius 2 is 1.80 bits per heavy atom. The molecule has 2 aromatic carbocycles. The molecule has 156 valence electrons. The molecule has 1 aromatic heterocycles. The molecule has 0 spiro atoms. The number of aromatic nitrogens is 4. The molecule has 0 unspecified atom stereocenters. The van der Waals surface area contributed by atoms with Crippen molar-refractivity contribution in [3.05, 3.63) is 72.1 Å². The van der Waals surface area contributed by atoms with Gasteiger partial charge in [0.25, 0.3) is 5.91 Å². The van der Waals surface area contributed by atoms with Gasteiger partial charge in [-0.2, -0.15) is 0 Å². The Morgan fingerprint density at radius 3 is 2.43 bits per heavy atom. The monoisotopic (exact) mass is 409 g/mol. The van der Waals surface area contributed by atoms with Crippen LogP contribution in [0.15, 0.2) is 60.9 Å². The number of nitrogens with zero attached hydrogens (tertiary/aromatic N) is 4. The zero-order chi connectivity index (χ0) is 21.3. The largest absolute Gasteiger partial charge is 0.497 e. The molecule has 1 N–H and O–H groups in total. The molecule has 0 aliphatic heterocycles. The van der Waals surface area contributed by atoms with E-state index in [0.717, 1.165) is 16.9 Å². The number of hydrogen-bond acceptors (Lipinski definition) is 7. The summed E-state index contributed by atoms with van der Waals surface area (Å²) in [6.07, 6.45) is 0.722. The second-order valence-corrected chi connectivity index (χ2v) is 6.64. The molecular formula is C21H23N5O4. The average molecular weight is 409 g/mol. The summed E-state index contributed by atoms with van der Waals surface area (Å²) in [5.74, 6) is -0.243. The number of carbonyl (C=O) groups excluding carboxylic acids is 2. The summed E-state index contributed by atoms with van der Waals surface area (Å²) in [6, 6.07) is 16.0. The number of esters is 1. The zero-order valence-corrected chi connectivity index (χ0v) is 16.8. The van der Waals surface area contributed by atoms with E-state index in [4.69, 9.17) is 9.47 Å². The number of nitrogens with one attached hydrogen (secondary N) is 1. The van der Waals surface area contributed by atoms with E-state index in [1.165, 1.54) is 17.9 Å². The number of carbonyl (C=O) groups is 2. The summed E-state index contributed by atoms with van der Waals surface area (Å²) in [6.45, 7) is 1.84. The van der Waals surface area contributed by atoms with E-state index in [9.17, 15) is 9.59 Å². The predicted molar refractivity (Wildman–Crippen MR) is 107 cm³/mol. The first kappa shape index (κ1) is 21.0. The minimum atomic E-state index is -0.967. The first-order valence-corrected chi connectivity index (χ1v) is 9.44. The molecule has 2 atom stereocenters. The normalized spacial score (nSPS) is 12.6. The maximum absolute atomic E-state index is 12.8. The first-order chi connectivity index (χ1) is 14.6. The molecule has 0 radical (unpaired) electrons. The van der Waals surface area contributed by atoms with Crippen LogP contribution in [0.2, 0.25) is 0 Å². The van der Waals surface area contributed by atoms with Crippen LogP contribution in [0, 0.1) is 0 Å². The van der Waals surface area contributed by atoms with E-state index in [1.54, 1.807) is 7.11 Å². The topological polar surface area (TPSA) is 108 Å². The highest BCUT2D eigenvalue weighted by Gasteiger charge is 2.27. The van der Waals surface area contributed by atoms with Crippen LogP contribution in [0.1, 0.15) is 24.1 Å². The molecular weight excluding hydrogens is 386 g/mol. The summed E-state index contributed by atoms with van der Waals surface area (Å²) in [4.78, 5) is 25.2. The average Bonchev–Trinajstić information content (AvgIpc) is 3.31. The molecule has 0 aliphatic carbocycles. The van der Waals surface area contributed by atoms with E-state index >= 15 is 0 Å². The Balaban J connectivity index is 1.59. The van der Waals surface area contributed by atoms with Gasteiger partial charge in [-0.15, -0.1) is 5.10 Å². The molecule has 1 amide bonds. The van der Waals surface area contributed by atoms with Gasteiger partial charge in [0.05, 0.1) is 7.11 Å². The van der Waals surface area contributed by atoms with Crippen LogP contribution >= 0.6 is 0 Å². The van der Waals surface area contributed by atoms with Gasteiger partial charge in [-0.05, 0) is 40.6 Å². The lowest BCUT2D eigenvalue weighted by molar-refractivity contribution is -0.158. The van der Waals surface area contributed by atoms with Crippen LogP contribution in [-0.4, -0.2) is 45.3 Å². The first-order valence-electron chi connectivity index (χ1n) is 9.44. The van der Waals surface area contributed by atoms with Crippen molar-refractivity contribution in [3.63, 3.8) is 0 Å². The number of hydrogen-bond donors (Lipinski definition) is 1. The molecule has 0 saturated heterocycles. The predicted octanol–water partition coefficient (Wildman–Crippen LogP) is 1.71.